The highest BCUT2D eigenvalue weighted by Gasteiger charge is 2.37. The van der Waals surface area contributed by atoms with Crippen LogP contribution in [-0.2, 0) is 22.5 Å². The van der Waals surface area contributed by atoms with Crippen LogP contribution in [0.1, 0.15) is 41.5 Å². The van der Waals surface area contributed by atoms with Gasteiger partial charge in [0, 0.05) is 31.0 Å². The summed E-state index contributed by atoms with van der Waals surface area (Å²) in [5.74, 6) is -0.0427. The molecule has 1 aliphatic carbocycles. The Kier molecular flexibility index (Phi) is 4.03. The summed E-state index contributed by atoms with van der Waals surface area (Å²) in [7, 11) is 0. The fourth-order valence-corrected chi connectivity index (χ4v) is 3.34. The van der Waals surface area contributed by atoms with E-state index < -0.39 is 5.97 Å². The van der Waals surface area contributed by atoms with Crippen LogP contribution in [0, 0.1) is 5.92 Å². The number of esters is 1. The SMILES string of the molecule is CCOC(=O)c1nn(-c2ccccc2)c2c1CN(C(=O)C1CC1)CC2. The predicted octanol–water partition coefficient (Wildman–Crippen LogP) is 2.34. The van der Waals surface area contributed by atoms with Gasteiger partial charge in [-0.25, -0.2) is 9.48 Å². The number of benzene rings is 1. The zero-order chi connectivity index (χ0) is 17.4. The van der Waals surface area contributed by atoms with Crippen LogP contribution in [0.15, 0.2) is 30.3 Å². The number of ether oxygens (including phenoxy) is 1. The van der Waals surface area contributed by atoms with Gasteiger partial charge in [0.15, 0.2) is 5.69 Å². The van der Waals surface area contributed by atoms with Crippen molar-refractivity contribution in [3.8, 4) is 5.69 Å². The van der Waals surface area contributed by atoms with Gasteiger partial charge in [-0.2, -0.15) is 5.10 Å². The number of fused-ring (bicyclic) bond motifs is 1. The number of hydrogen-bond acceptors (Lipinski definition) is 4. The van der Waals surface area contributed by atoms with Gasteiger partial charge in [0.25, 0.3) is 0 Å². The number of carbonyl (C=O) groups is 2. The van der Waals surface area contributed by atoms with E-state index in [9.17, 15) is 9.59 Å². The van der Waals surface area contributed by atoms with Gasteiger partial charge in [-0.15, -0.1) is 0 Å². The predicted molar refractivity (Wildman–Crippen MR) is 91.4 cm³/mol. The monoisotopic (exact) mass is 339 g/mol. The van der Waals surface area contributed by atoms with E-state index in [1.165, 1.54) is 0 Å². The van der Waals surface area contributed by atoms with E-state index in [4.69, 9.17) is 4.74 Å². The summed E-state index contributed by atoms with van der Waals surface area (Å²) in [5.41, 5.74) is 3.06. The summed E-state index contributed by atoms with van der Waals surface area (Å²) in [6, 6.07) is 9.76. The van der Waals surface area contributed by atoms with Crippen molar-refractivity contribution in [3.63, 3.8) is 0 Å². The first-order valence-corrected chi connectivity index (χ1v) is 8.81. The van der Waals surface area contributed by atoms with Crippen molar-refractivity contribution in [2.45, 2.75) is 32.7 Å². The summed E-state index contributed by atoms with van der Waals surface area (Å²) in [6.07, 6.45) is 2.65. The average molecular weight is 339 g/mol. The summed E-state index contributed by atoms with van der Waals surface area (Å²) < 4.78 is 7.00. The molecule has 1 fully saturated rings. The van der Waals surface area contributed by atoms with Crippen LogP contribution in [0.5, 0.6) is 0 Å². The van der Waals surface area contributed by atoms with Gasteiger partial charge in [0.05, 0.1) is 18.0 Å². The maximum absolute atomic E-state index is 12.4. The van der Waals surface area contributed by atoms with Crippen molar-refractivity contribution in [2.75, 3.05) is 13.2 Å². The third-order valence-corrected chi connectivity index (χ3v) is 4.77. The molecule has 1 amide bonds. The standard InChI is InChI=1S/C19H21N3O3/c1-2-25-19(24)17-15-12-21(18(23)13-8-9-13)11-10-16(15)22(20-17)14-6-4-3-5-7-14/h3-7,13H,2,8-12H2,1H3. The quantitative estimate of drug-likeness (QED) is 0.802. The number of rotatable bonds is 4. The zero-order valence-electron chi connectivity index (χ0n) is 14.3. The molecule has 1 aromatic carbocycles. The molecule has 1 saturated carbocycles. The van der Waals surface area contributed by atoms with Crippen molar-refractivity contribution in [1.29, 1.82) is 0 Å². The molecule has 0 N–H and O–H groups in total. The minimum absolute atomic E-state index is 0.178. The molecule has 4 rings (SSSR count). The number of nitrogens with zero attached hydrogens (tertiary/aromatic N) is 3. The van der Waals surface area contributed by atoms with Crippen LogP contribution < -0.4 is 0 Å². The van der Waals surface area contributed by atoms with Gasteiger partial charge in [0.1, 0.15) is 0 Å². The highest BCUT2D eigenvalue weighted by atomic mass is 16.5. The fourth-order valence-electron chi connectivity index (χ4n) is 3.34. The molecule has 0 radical (unpaired) electrons. The van der Waals surface area contributed by atoms with Gasteiger partial charge in [0.2, 0.25) is 5.91 Å². The Labute approximate surface area is 146 Å². The van der Waals surface area contributed by atoms with E-state index in [0.717, 1.165) is 29.8 Å². The number of amides is 1. The van der Waals surface area contributed by atoms with Crippen molar-refractivity contribution >= 4 is 11.9 Å². The summed E-state index contributed by atoms with van der Waals surface area (Å²) in [5, 5.41) is 4.54. The Bertz CT molecular complexity index is 809. The van der Waals surface area contributed by atoms with Crippen LogP contribution in [-0.4, -0.2) is 39.7 Å². The molecule has 1 aliphatic heterocycles. The Balaban J connectivity index is 1.73. The number of aromatic nitrogens is 2. The van der Waals surface area contributed by atoms with Crippen LogP contribution in [0.25, 0.3) is 5.69 Å². The molecule has 0 atom stereocenters. The molecule has 6 nitrogen and oxygen atoms in total. The lowest BCUT2D eigenvalue weighted by molar-refractivity contribution is -0.133. The van der Waals surface area contributed by atoms with Crippen molar-refractivity contribution in [3.05, 3.63) is 47.3 Å². The van der Waals surface area contributed by atoms with Gasteiger partial charge in [-0.05, 0) is 31.9 Å². The van der Waals surface area contributed by atoms with Crippen LogP contribution in [0.2, 0.25) is 0 Å². The zero-order valence-corrected chi connectivity index (χ0v) is 14.3. The van der Waals surface area contributed by atoms with Crippen molar-refractivity contribution in [1.82, 2.24) is 14.7 Å². The number of carbonyl (C=O) groups excluding carboxylic acids is 2. The number of para-hydroxylation sites is 1. The molecule has 2 aromatic rings. The minimum Gasteiger partial charge on any atom is -0.461 e. The highest BCUT2D eigenvalue weighted by Crippen LogP contribution is 2.34. The lowest BCUT2D eigenvalue weighted by Gasteiger charge is -2.28. The second kappa shape index (κ2) is 6.35. The maximum Gasteiger partial charge on any atom is 0.359 e. The molecule has 2 heterocycles. The largest absolute Gasteiger partial charge is 0.461 e. The van der Waals surface area contributed by atoms with E-state index in [1.54, 1.807) is 6.92 Å². The molecule has 25 heavy (non-hydrogen) atoms. The molecule has 130 valence electrons. The molecule has 0 unspecified atom stereocenters. The lowest BCUT2D eigenvalue weighted by Crippen LogP contribution is -2.37. The Morgan fingerprint density at radius 1 is 1.24 bits per heavy atom. The lowest BCUT2D eigenvalue weighted by atomic mass is 10.0. The second-order valence-electron chi connectivity index (χ2n) is 6.53. The molecule has 1 aromatic heterocycles. The summed E-state index contributed by atoms with van der Waals surface area (Å²) >= 11 is 0. The first kappa shape index (κ1) is 15.9. The number of hydrogen-bond donors (Lipinski definition) is 0. The smallest absolute Gasteiger partial charge is 0.359 e. The minimum atomic E-state index is -0.422. The van der Waals surface area contributed by atoms with Crippen molar-refractivity contribution in [2.24, 2.45) is 5.92 Å². The molecule has 0 saturated heterocycles. The average Bonchev–Trinajstić information content (AvgIpc) is 3.42. The normalized spacial score (nSPS) is 16.4. The van der Waals surface area contributed by atoms with E-state index in [2.05, 4.69) is 5.10 Å². The van der Waals surface area contributed by atoms with E-state index >= 15 is 0 Å². The van der Waals surface area contributed by atoms with E-state index in [-0.39, 0.29) is 11.8 Å². The third-order valence-electron chi connectivity index (χ3n) is 4.77. The molecule has 0 bridgehead atoms. The van der Waals surface area contributed by atoms with Crippen LogP contribution >= 0.6 is 0 Å². The first-order valence-electron chi connectivity index (χ1n) is 8.81. The van der Waals surface area contributed by atoms with E-state index in [0.29, 0.717) is 31.8 Å². The third kappa shape index (κ3) is 2.92. The molecule has 0 spiro atoms. The van der Waals surface area contributed by atoms with Gasteiger partial charge >= 0.3 is 5.97 Å². The fraction of sp³-hybridized carbons (Fsp3) is 0.421. The summed E-state index contributed by atoms with van der Waals surface area (Å²) in [4.78, 5) is 26.7. The van der Waals surface area contributed by atoms with E-state index in [1.807, 2.05) is 39.9 Å². The van der Waals surface area contributed by atoms with Crippen LogP contribution in [0.4, 0.5) is 0 Å². The molecular formula is C19H21N3O3. The van der Waals surface area contributed by atoms with Crippen molar-refractivity contribution < 1.29 is 14.3 Å². The summed E-state index contributed by atoms with van der Waals surface area (Å²) in [6.45, 7) is 3.19. The Morgan fingerprint density at radius 2 is 2.00 bits per heavy atom. The molecule has 2 aliphatic rings. The van der Waals surface area contributed by atoms with Gasteiger partial charge in [-0.3, -0.25) is 4.79 Å². The highest BCUT2D eigenvalue weighted by molar-refractivity contribution is 5.90. The van der Waals surface area contributed by atoms with Gasteiger partial charge in [-0.1, -0.05) is 18.2 Å². The Hall–Kier alpha value is -2.63. The first-order chi connectivity index (χ1) is 12.2. The van der Waals surface area contributed by atoms with Crippen LogP contribution in [0.3, 0.4) is 0 Å². The Morgan fingerprint density at radius 3 is 2.68 bits per heavy atom. The molecular weight excluding hydrogens is 318 g/mol. The second-order valence-corrected chi connectivity index (χ2v) is 6.53. The maximum atomic E-state index is 12.4. The van der Waals surface area contributed by atoms with Gasteiger partial charge < -0.3 is 9.64 Å². The topological polar surface area (TPSA) is 64.4 Å². The molecule has 6 heteroatoms.